The van der Waals surface area contributed by atoms with Crippen molar-refractivity contribution < 1.29 is 9.47 Å². The summed E-state index contributed by atoms with van der Waals surface area (Å²) in [5, 5.41) is 7.30. The molecule has 1 aliphatic carbocycles. The number of guanidine groups is 1. The first-order valence-electron chi connectivity index (χ1n) is 12.2. The minimum absolute atomic E-state index is 0.165. The standard InChI is InChI=1S/C25H40N4O2/c1-26-24(27-19-22-11-8-16-31-23(22)21-9-4-2-5-10-21)28-20-25(12-6-3-7-13-25)29-14-17-30-18-15-29/h2,4-5,9-10,22-23H,3,6-8,11-20H2,1H3,(H2,26,27,28). The van der Waals surface area contributed by atoms with Gasteiger partial charge in [-0.3, -0.25) is 9.89 Å². The van der Waals surface area contributed by atoms with Crippen LogP contribution in [0.3, 0.4) is 0 Å². The second-order valence-corrected chi connectivity index (χ2v) is 9.30. The van der Waals surface area contributed by atoms with Crippen LogP contribution >= 0.6 is 0 Å². The predicted molar refractivity (Wildman–Crippen MR) is 125 cm³/mol. The zero-order valence-corrected chi connectivity index (χ0v) is 19.2. The quantitative estimate of drug-likeness (QED) is 0.538. The molecule has 4 rings (SSSR count). The fourth-order valence-electron chi connectivity index (χ4n) is 5.61. The molecule has 0 bridgehead atoms. The molecule has 2 N–H and O–H groups in total. The van der Waals surface area contributed by atoms with Crippen molar-refractivity contribution in [2.24, 2.45) is 10.9 Å². The Hall–Kier alpha value is -1.63. The average molecular weight is 429 g/mol. The van der Waals surface area contributed by atoms with E-state index in [1.165, 1.54) is 44.1 Å². The van der Waals surface area contributed by atoms with Crippen LogP contribution in [0.2, 0.25) is 0 Å². The fourth-order valence-corrected chi connectivity index (χ4v) is 5.61. The maximum atomic E-state index is 6.17. The van der Waals surface area contributed by atoms with Crippen molar-refractivity contribution in [3.05, 3.63) is 35.9 Å². The van der Waals surface area contributed by atoms with Gasteiger partial charge in [0.15, 0.2) is 5.96 Å². The Kier molecular flexibility index (Phi) is 8.22. The summed E-state index contributed by atoms with van der Waals surface area (Å²) in [4.78, 5) is 7.22. The highest BCUT2D eigenvalue weighted by atomic mass is 16.5. The van der Waals surface area contributed by atoms with Gasteiger partial charge in [-0.15, -0.1) is 0 Å². The summed E-state index contributed by atoms with van der Waals surface area (Å²) in [6, 6.07) is 10.7. The number of hydrogen-bond acceptors (Lipinski definition) is 4. The van der Waals surface area contributed by atoms with Gasteiger partial charge in [0, 0.05) is 51.3 Å². The molecule has 31 heavy (non-hydrogen) atoms. The maximum absolute atomic E-state index is 6.17. The summed E-state index contributed by atoms with van der Waals surface area (Å²) in [5.41, 5.74) is 1.52. The van der Waals surface area contributed by atoms with Gasteiger partial charge in [-0.25, -0.2) is 0 Å². The molecule has 2 unspecified atom stereocenters. The molecule has 3 aliphatic rings. The molecule has 2 saturated heterocycles. The first-order valence-corrected chi connectivity index (χ1v) is 12.2. The number of morpholine rings is 1. The third-order valence-corrected chi connectivity index (χ3v) is 7.38. The van der Waals surface area contributed by atoms with Crippen molar-refractivity contribution in [1.29, 1.82) is 0 Å². The van der Waals surface area contributed by atoms with Gasteiger partial charge in [0.05, 0.1) is 19.3 Å². The lowest BCUT2D eigenvalue weighted by Gasteiger charge is -2.48. The molecule has 2 aliphatic heterocycles. The van der Waals surface area contributed by atoms with Crippen LogP contribution in [0.15, 0.2) is 35.3 Å². The van der Waals surface area contributed by atoms with E-state index in [9.17, 15) is 0 Å². The van der Waals surface area contributed by atoms with Crippen molar-refractivity contribution in [3.8, 4) is 0 Å². The predicted octanol–water partition coefficient (Wildman–Crippen LogP) is 3.35. The number of aliphatic imine (C=N–C) groups is 1. The first-order chi connectivity index (χ1) is 15.3. The number of ether oxygens (including phenoxy) is 2. The second-order valence-electron chi connectivity index (χ2n) is 9.30. The highest BCUT2D eigenvalue weighted by molar-refractivity contribution is 5.79. The van der Waals surface area contributed by atoms with Crippen LogP contribution in [-0.2, 0) is 9.47 Å². The Balaban J connectivity index is 1.34. The molecule has 0 radical (unpaired) electrons. The van der Waals surface area contributed by atoms with Crippen molar-refractivity contribution in [2.75, 3.05) is 53.0 Å². The van der Waals surface area contributed by atoms with Crippen molar-refractivity contribution in [1.82, 2.24) is 15.5 Å². The Bertz CT molecular complexity index is 684. The van der Waals surface area contributed by atoms with Crippen LogP contribution in [0, 0.1) is 5.92 Å². The van der Waals surface area contributed by atoms with Crippen molar-refractivity contribution in [2.45, 2.75) is 56.6 Å². The molecule has 2 atom stereocenters. The molecule has 0 aromatic heterocycles. The van der Waals surface area contributed by atoms with Crippen LogP contribution in [-0.4, -0.2) is 69.4 Å². The van der Waals surface area contributed by atoms with Gasteiger partial charge in [0.1, 0.15) is 0 Å². The largest absolute Gasteiger partial charge is 0.379 e. The number of rotatable bonds is 6. The van der Waals surface area contributed by atoms with E-state index in [1.807, 2.05) is 7.05 Å². The zero-order valence-electron chi connectivity index (χ0n) is 19.2. The van der Waals surface area contributed by atoms with E-state index in [2.05, 4.69) is 50.9 Å². The molecule has 3 fully saturated rings. The van der Waals surface area contributed by atoms with E-state index < -0.39 is 0 Å². The average Bonchev–Trinajstić information content (AvgIpc) is 2.86. The summed E-state index contributed by atoms with van der Waals surface area (Å²) in [7, 11) is 1.88. The van der Waals surface area contributed by atoms with E-state index in [-0.39, 0.29) is 11.6 Å². The molecule has 1 aromatic carbocycles. The highest BCUT2D eigenvalue weighted by Gasteiger charge is 2.38. The number of nitrogens with one attached hydrogen (secondary N) is 2. The molecule has 0 amide bonds. The topological polar surface area (TPSA) is 58.1 Å². The number of hydrogen-bond donors (Lipinski definition) is 2. The van der Waals surface area contributed by atoms with Crippen LogP contribution in [0.25, 0.3) is 0 Å². The molecular weight excluding hydrogens is 388 g/mol. The minimum atomic E-state index is 0.165. The SMILES string of the molecule is CN=C(NCC1CCCOC1c1ccccc1)NCC1(N2CCOCC2)CCCCC1. The van der Waals surface area contributed by atoms with Crippen molar-refractivity contribution in [3.63, 3.8) is 0 Å². The zero-order chi connectivity index (χ0) is 21.4. The van der Waals surface area contributed by atoms with Crippen LogP contribution in [0.1, 0.15) is 56.6 Å². The lowest BCUT2D eigenvalue weighted by atomic mass is 9.80. The minimum Gasteiger partial charge on any atom is -0.379 e. The van der Waals surface area contributed by atoms with Crippen LogP contribution < -0.4 is 10.6 Å². The first kappa shape index (κ1) is 22.6. The van der Waals surface area contributed by atoms with Gasteiger partial charge >= 0.3 is 0 Å². The van der Waals surface area contributed by atoms with Crippen LogP contribution in [0.5, 0.6) is 0 Å². The van der Waals surface area contributed by atoms with E-state index >= 15 is 0 Å². The Morgan fingerprint density at radius 2 is 1.81 bits per heavy atom. The Labute approximate surface area is 187 Å². The van der Waals surface area contributed by atoms with Gasteiger partial charge in [0.2, 0.25) is 0 Å². The van der Waals surface area contributed by atoms with E-state index in [4.69, 9.17) is 9.47 Å². The molecule has 6 nitrogen and oxygen atoms in total. The molecule has 1 aromatic rings. The van der Waals surface area contributed by atoms with E-state index in [0.29, 0.717) is 5.92 Å². The Morgan fingerprint density at radius 3 is 2.55 bits per heavy atom. The third kappa shape index (κ3) is 5.79. The number of nitrogens with zero attached hydrogens (tertiary/aromatic N) is 2. The smallest absolute Gasteiger partial charge is 0.191 e. The summed E-state index contributed by atoms with van der Waals surface area (Å²) >= 11 is 0. The maximum Gasteiger partial charge on any atom is 0.191 e. The number of benzene rings is 1. The molecule has 0 spiro atoms. The normalized spacial score (nSPS) is 27.6. The fraction of sp³-hybridized carbons (Fsp3) is 0.720. The Morgan fingerprint density at radius 1 is 1.03 bits per heavy atom. The highest BCUT2D eigenvalue weighted by Crippen LogP contribution is 2.34. The molecule has 172 valence electrons. The summed E-state index contributed by atoms with van der Waals surface area (Å²) in [6.07, 6.45) is 9.02. The molecule has 2 heterocycles. The van der Waals surface area contributed by atoms with Gasteiger partial charge < -0.3 is 20.1 Å². The van der Waals surface area contributed by atoms with E-state index in [0.717, 1.165) is 58.4 Å². The molecular formula is C25H40N4O2. The lowest BCUT2D eigenvalue weighted by molar-refractivity contribution is -0.0354. The van der Waals surface area contributed by atoms with Crippen molar-refractivity contribution >= 4 is 5.96 Å². The van der Waals surface area contributed by atoms with Gasteiger partial charge in [-0.05, 0) is 31.2 Å². The summed E-state index contributed by atoms with van der Waals surface area (Å²) in [6.45, 7) is 6.50. The van der Waals surface area contributed by atoms with Crippen LogP contribution in [0.4, 0.5) is 0 Å². The monoisotopic (exact) mass is 428 g/mol. The lowest BCUT2D eigenvalue weighted by Crippen LogP contribution is -2.60. The third-order valence-electron chi connectivity index (χ3n) is 7.38. The van der Waals surface area contributed by atoms with Gasteiger partial charge in [-0.1, -0.05) is 49.6 Å². The summed E-state index contributed by atoms with van der Waals surface area (Å²) < 4.78 is 11.8. The van der Waals surface area contributed by atoms with E-state index in [1.54, 1.807) is 0 Å². The van der Waals surface area contributed by atoms with Gasteiger partial charge in [0.25, 0.3) is 0 Å². The van der Waals surface area contributed by atoms with Gasteiger partial charge in [-0.2, -0.15) is 0 Å². The molecule has 1 saturated carbocycles. The second kappa shape index (κ2) is 11.3. The molecule has 6 heteroatoms. The summed E-state index contributed by atoms with van der Waals surface area (Å²) in [5.74, 6) is 1.37.